The molecular formula is C21H22N2O3S2. The van der Waals surface area contributed by atoms with Crippen molar-refractivity contribution in [3.63, 3.8) is 0 Å². The summed E-state index contributed by atoms with van der Waals surface area (Å²) in [5.41, 5.74) is 1.70. The highest BCUT2D eigenvalue weighted by molar-refractivity contribution is 7.99. The van der Waals surface area contributed by atoms with E-state index in [2.05, 4.69) is 16.9 Å². The molecule has 28 heavy (non-hydrogen) atoms. The molecule has 1 aliphatic rings. The van der Waals surface area contributed by atoms with E-state index in [1.807, 2.05) is 35.7 Å². The zero-order chi connectivity index (χ0) is 19.5. The molecule has 4 rings (SSSR count). The van der Waals surface area contributed by atoms with Gasteiger partial charge in [0, 0.05) is 10.9 Å². The summed E-state index contributed by atoms with van der Waals surface area (Å²) in [5, 5.41) is 3.00. The molecule has 0 radical (unpaired) electrons. The van der Waals surface area contributed by atoms with Gasteiger partial charge in [0.25, 0.3) is 5.56 Å². The van der Waals surface area contributed by atoms with E-state index in [0.29, 0.717) is 15.4 Å². The maximum atomic E-state index is 12.6. The lowest BCUT2D eigenvalue weighted by atomic mass is 9.89. The number of rotatable bonds is 5. The minimum absolute atomic E-state index is 0.0320. The predicted molar refractivity (Wildman–Crippen MR) is 114 cm³/mol. The van der Waals surface area contributed by atoms with Crippen molar-refractivity contribution in [1.29, 1.82) is 0 Å². The van der Waals surface area contributed by atoms with Crippen LogP contribution < -0.4 is 5.56 Å². The average molecular weight is 415 g/mol. The molecule has 0 aliphatic heterocycles. The Morgan fingerprint density at radius 1 is 1.25 bits per heavy atom. The van der Waals surface area contributed by atoms with Crippen molar-refractivity contribution >= 4 is 39.3 Å². The van der Waals surface area contributed by atoms with Crippen LogP contribution in [-0.2, 0) is 9.53 Å². The van der Waals surface area contributed by atoms with E-state index in [0.717, 1.165) is 42.7 Å². The van der Waals surface area contributed by atoms with E-state index >= 15 is 0 Å². The molecule has 0 spiro atoms. The van der Waals surface area contributed by atoms with Gasteiger partial charge in [0.1, 0.15) is 10.9 Å². The summed E-state index contributed by atoms with van der Waals surface area (Å²) in [7, 11) is 0. The van der Waals surface area contributed by atoms with Gasteiger partial charge in [-0.25, -0.2) is 4.98 Å². The summed E-state index contributed by atoms with van der Waals surface area (Å²) in [4.78, 5) is 32.8. The van der Waals surface area contributed by atoms with E-state index in [9.17, 15) is 9.59 Å². The zero-order valence-corrected chi connectivity index (χ0v) is 17.3. The summed E-state index contributed by atoms with van der Waals surface area (Å²) in [6, 6.07) is 9.80. The third kappa shape index (κ3) is 4.31. The van der Waals surface area contributed by atoms with Crippen LogP contribution in [0, 0.1) is 5.92 Å². The van der Waals surface area contributed by atoms with Crippen molar-refractivity contribution in [1.82, 2.24) is 9.97 Å². The second-order valence-electron chi connectivity index (χ2n) is 7.23. The molecule has 1 saturated carbocycles. The van der Waals surface area contributed by atoms with Crippen molar-refractivity contribution in [2.45, 2.75) is 43.9 Å². The second kappa shape index (κ2) is 8.49. The third-order valence-corrected chi connectivity index (χ3v) is 6.81. The van der Waals surface area contributed by atoms with Crippen molar-refractivity contribution in [3.8, 4) is 11.1 Å². The highest BCUT2D eigenvalue weighted by atomic mass is 32.2. The summed E-state index contributed by atoms with van der Waals surface area (Å²) >= 11 is 2.66. The number of thioether (sulfide) groups is 1. The molecule has 2 heterocycles. The molecule has 0 bridgehead atoms. The molecule has 2 aromatic heterocycles. The van der Waals surface area contributed by atoms with Gasteiger partial charge in [-0.05, 0) is 37.2 Å². The lowest BCUT2D eigenvalue weighted by molar-refractivity contribution is -0.147. The molecule has 7 heteroatoms. The molecule has 146 valence electrons. The first-order chi connectivity index (χ1) is 13.6. The monoisotopic (exact) mass is 414 g/mol. The molecule has 1 N–H and O–H groups in total. The minimum Gasteiger partial charge on any atom is -0.462 e. The van der Waals surface area contributed by atoms with E-state index in [-0.39, 0.29) is 23.4 Å². The Morgan fingerprint density at radius 3 is 2.75 bits per heavy atom. The molecule has 0 saturated heterocycles. The van der Waals surface area contributed by atoms with Gasteiger partial charge in [0.05, 0.1) is 11.1 Å². The number of ether oxygens (including phenoxy) is 1. The van der Waals surface area contributed by atoms with Crippen molar-refractivity contribution < 1.29 is 9.53 Å². The first-order valence-corrected chi connectivity index (χ1v) is 11.4. The number of fused-ring (bicyclic) bond motifs is 1. The number of esters is 1. The maximum Gasteiger partial charge on any atom is 0.316 e. The van der Waals surface area contributed by atoms with E-state index in [1.165, 1.54) is 23.1 Å². The van der Waals surface area contributed by atoms with Crippen LogP contribution in [0.2, 0.25) is 0 Å². The summed E-state index contributed by atoms with van der Waals surface area (Å²) in [5.74, 6) is 0.623. The van der Waals surface area contributed by atoms with Crippen LogP contribution in [0.15, 0.2) is 45.7 Å². The number of benzene rings is 1. The number of carbonyl (C=O) groups is 1. The lowest BCUT2D eigenvalue weighted by Gasteiger charge is -2.25. The molecule has 0 atom stereocenters. The fourth-order valence-electron chi connectivity index (χ4n) is 3.52. The van der Waals surface area contributed by atoms with Crippen LogP contribution in [0.1, 0.15) is 32.6 Å². The van der Waals surface area contributed by atoms with E-state index < -0.39 is 0 Å². The quantitative estimate of drug-likeness (QED) is 0.366. The van der Waals surface area contributed by atoms with Gasteiger partial charge in [0.2, 0.25) is 0 Å². The van der Waals surface area contributed by atoms with Crippen LogP contribution in [0.4, 0.5) is 0 Å². The molecule has 0 unspecified atom stereocenters. The van der Waals surface area contributed by atoms with Gasteiger partial charge in [-0.3, -0.25) is 9.59 Å². The van der Waals surface area contributed by atoms with Gasteiger partial charge in [-0.2, -0.15) is 0 Å². The van der Waals surface area contributed by atoms with Crippen LogP contribution >= 0.6 is 23.1 Å². The Kier molecular flexibility index (Phi) is 5.82. The van der Waals surface area contributed by atoms with Crippen LogP contribution in [0.5, 0.6) is 0 Å². The molecule has 1 aromatic carbocycles. The number of H-pyrrole nitrogens is 1. The number of thiophene rings is 1. The van der Waals surface area contributed by atoms with Crippen LogP contribution in [-0.4, -0.2) is 27.8 Å². The number of aromatic amines is 1. The van der Waals surface area contributed by atoms with Gasteiger partial charge < -0.3 is 9.72 Å². The number of hydrogen-bond acceptors (Lipinski definition) is 6. The minimum atomic E-state index is -0.247. The number of hydrogen-bond donors (Lipinski definition) is 1. The SMILES string of the molecule is CC1CCC(OC(=O)CSc2nc3scc(-c4ccccc4)c3c(=O)[nH]2)CC1. The van der Waals surface area contributed by atoms with Crippen LogP contribution in [0.3, 0.4) is 0 Å². The number of carbonyl (C=O) groups excluding carboxylic acids is 1. The van der Waals surface area contributed by atoms with Crippen LogP contribution in [0.25, 0.3) is 21.3 Å². The maximum absolute atomic E-state index is 12.6. The summed E-state index contributed by atoms with van der Waals surface area (Å²) in [6.07, 6.45) is 4.13. The average Bonchev–Trinajstić information content (AvgIpc) is 3.13. The van der Waals surface area contributed by atoms with Gasteiger partial charge in [0.15, 0.2) is 5.16 Å². The van der Waals surface area contributed by atoms with Crippen molar-refractivity contribution in [3.05, 3.63) is 46.1 Å². The van der Waals surface area contributed by atoms with E-state index in [1.54, 1.807) is 0 Å². The van der Waals surface area contributed by atoms with Gasteiger partial charge in [-0.1, -0.05) is 49.0 Å². The molecule has 0 amide bonds. The van der Waals surface area contributed by atoms with Crippen molar-refractivity contribution in [2.75, 3.05) is 5.75 Å². The Labute approximate surface area is 171 Å². The Hall–Kier alpha value is -2.12. The standard InChI is InChI=1S/C21H22N2O3S2/c1-13-7-9-15(10-8-13)26-17(24)12-28-21-22-19(25)18-16(11-27-20(18)23-21)14-5-3-2-4-6-14/h2-6,11,13,15H,7-10,12H2,1H3,(H,22,23,25). The molecular weight excluding hydrogens is 392 g/mol. The fourth-order valence-corrected chi connectivity index (χ4v) is 5.17. The smallest absolute Gasteiger partial charge is 0.316 e. The third-order valence-electron chi connectivity index (χ3n) is 5.09. The predicted octanol–water partition coefficient (Wildman–Crippen LogP) is 4.87. The first-order valence-electron chi connectivity index (χ1n) is 9.49. The summed E-state index contributed by atoms with van der Waals surface area (Å²) in [6.45, 7) is 2.24. The number of aromatic nitrogens is 2. The molecule has 1 fully saturated rings. The fraction of sp³-hybridized carbons (Fsp3) is 0.381. The van der Waals surface area contributed by atoms with Gasteiger partial charge >= 0.3 is 5.97 Å². The number of nitrogens with one attached hydrogen (secondary N) is 1. The Bertz CT molecular complexity index is 1020. The largest absolute Gasteiger partial charge is 0.462 e. The van der Waals surface area contributed by atoms with Gasteiger partial charge in [-0.15, -0.1) is 11.3 Å². The highest BCUT2D eigenvalue weighted by Gasteiger charge is 2.22. The Morgan fingerprint density at radius 2 is 2.00 bits per heavy atom. The topological polar surface area (TPSA) is 72.0 Å². The normalized spacial score (nSPS) is 19.6. The first kappa shape index (κ1) is 19.2. The molecule has 5 nitrogen and oxygen atoms in total. The van der Waals surface area contributed by atoms with Crippen molar-refractivity contribution in [2.24, 2.45) is 5.92 Å². The second-order valence-corrected chi connectivity index (χ2v) is 9.05. The Balaban J connectivity index is 1.44. The summed E-state index contributed by atoms with van der Waals surface area (Å²) < 4.78 is 5.56. The van der Waals surface area contributed by atoms with E-state index in [4.69, 9.17) is 4.74 Å². The lowest BCUT2D eigenvalue weighted by Crippen LogP contribution is -2.24. The molecule has 1 aliphatic carbocycles. The highest BCUT2D eigenvalue weighted by Crippen LogP contribution is 2.31. The molecule has 3 aromatic rings. The number of nitrogens with zero attached hydrogens (tertiary/aromatic N) is 1. The zero-order valence-electron chi connectivity index (χ0n) is 15.6.